The van der Waals surface area contributed by atoms with E-state index in [1.54, 1.807) is 6.92 Å². The number of rotatable bonds is 8. The van der Waals surface area contributed by atoms with E-state index in [1.807, 2.05) is 13.8 Å². The Hall–Kier alpha value is 0.650. The maximum atomic E-state index is 11.1. The molecule has 0 unspecified atom stereocenters. The third-order valence-corrected chi connectivity index (χ3v) is 3.33. The molecular weight excluding hydrogens is 377 g/mol. The minimum atomic E-state index is -3.72. The SMILES string of the molecule is CCOC(CN(CC)S(=O)(=O)Cl)OCC.O=S(=O)(Cl)Cl. The summed E-state index contributed by atoms with van der Waals surface area (Å²) in [6.07, 6.45) is -0.562. The van der Waals surface area contributed by atoms with Crippen LogP contribution in [0.25, 0.3) is 0 Å². The van der Waals surface area contributed by atoms with E-state index < -0.39 is 23.8 Å². The van der Waals surface area contributed by atoms with Crippen molar-refractivity contribution in [3.63, 3.8) is 0 Å². The van der Waals surface area contributed by atoms with Gasteiger partial charge in [-0.1, -0.05) is 6.92 Å². The van der Waals surface area contributed by atoms with Gasteiger partial charge < -0.3 is 9.47 Å². The second-order valence-corrected chi connectivity index (χ2v) is 9.29. The molecule has 0 heterocycles. The van der Waals surface area contributed by atoms with Crippen molar-refractivity contribution in [3.8, 4) is 0 Å². The van der Waals surface area contributed by atoms with Gasteiger partial charge in [0.25, 0.3) is 9.24 Å². The average Bonchev–Trinajstić information content (AvgIpc) is 2.22. The van der Waals surface area contributed by atoms with E-state index in [1.165, 1.54) is 0 Å². The summed E-state index contributed by atoms with van der Waals surface area (Å²) < 4.78 is 52.0. The summed E-state index contributed by atoms with van der Waals surface area (Å²) in [7, 11) is 6.34. The van der Waals surface area contributed by atoms with Crippen molar-refractivity contribution in [3.05, 3.63) is 0 Å². The maximum absolute atomic E-state index is 11.1. The van der Waals surface area contributed by atoms with E-state index >= 15 is 0 Å². The second-order valence-electron chi connectivity index (χ2n) is 3.11. The molecule has 0 amide bonds. The molecule has 0 aromatic carbocycles. The van der Waals surface area contributed by atoms with Gasteiger partial charge in [0.2, 0.25) is 0 Å². The fourth-order valence-corrected chi connectivity index (χ4v) is 2.13. The first-order chi connectivity index (χ1) is 8.95. The molecule has 0 fully saturated rings. The number of nitrogens with zero attached hydrogens (tertiary/aromatic N) is 1. The van der Waals surface area contributed by atoms with Crippen LogP contribution in [-0.2, 0) is 27.0 Å². The lowest BCUT2D eigenvalue weighted by molar-refractivity contribution is -0.140. The number of hydrogen-bond donors (Lipinski definition) is 0. The topological polar surface area (TPSA) is 90.0 Å². The van der Waals surface area contributed by atoms with E-state index in [2.05, 4.69) is 21.4 Å². The largest absolute Gasteiger partial charge is 0.352 e. The van der Waals surface area contributed by atoms with Crippen molar-refractivity contribution in [2.75, 3.05) is 26.3 Å². The number of ether oxygens (including phenoxy) is 2. The van der Waals surface area contributed by atoms with Crippen molar-refractivity contribution in [2.24, 2.45) is 0 Å². The molecule has 0 aliphatic carbocycles. The van der Waals surface area contributed by atoms with Gasteiger partial charge in [-0.3, -0.25) is 0 Å². The molecular formula is C8H18Cl3NO6S2. The van der Waals surface area contributed by atoms with Crippen LogP contribution >= 0.6 is 32.0 Å². The van der Waals surface area contributed by atoms with Crippen LogP contribution < -0.4 is 0 Å². The highest BCUT2D eigenvalue weighted by atomic mass is 36.0. The van der Waals surface area contributed by atoms with E-state index in [-0.39, 0.29) is 6.54 Å². The Morgan fingerprint density at radius 2 is 1.30 bits per heavy atom. The molecule has 0 aliphatic rings. The van der Waals surface area contributed by atoms with Crippen molar-refractivity contribution in [1.82, 2.24) is 4.31 Å². The fourth-order valence-electron chi connectivity index (χ4n) is 1.06. The molecule has 0 aromatic rings. The molecule has 20 heavy (non-hydrogen) atoms. The van der Waals surface area contributed by atoms with Crippen LogP contribution in [0.4, 0.5) is 0 Å². The van der Waals surface area contributed by atoms with Crippen LogP contribution in [0.15, 0.2) is 0 Å². The lowest BCUT2D eigenvalue weighted by Gasteiger charge is -2.23. The van der Waals surface area contributed by atoms with Crippen molar-refractivity contribution in [2.45, 2.75) is 27.1 Å². The Morgan fingerprint density at radius 3 is 1.50 bits per heavy atom. The molecule has 124 valence electrons. The van der Waals surface area contributed by atoms with Crippen LogP contribution in [0.3, 0.4) is 0 Å². The van der Waals surface area contributed by atoms with Crippen LogP contribution in [0.5, 0.6) is 0 Å². The molecule has 0 aliphatic heterocycles. The second kappa shape index (κ2) is 11.2. The molecule has 0 radical (unpaired) electrons. The van der Waals surface area contributed by atoms with Crippen LogP contribution in [-0.4, -0.2) is 53.7 Å². The Balaban J connectivity index is 0. The first-order valence-corrected chi connectivity index (χ1v) is 10.9. The summed E-state index contributed by atoms with van der Waals surface area (Å²) in [5, 5.41) is 0. The summed E-state index contributed by atoms with van der Waals surface area (Å²) in [6, 6.07) is 0. The zero-order valence-corrected chi connectivity index (χ0v) is 15.2. The van der Waals surface area contributed by atoms with E-state index in [4.69, 9.17) is 28.6 Å². The lowest BCUT2D eigenvalue weighted by atomic mass is 10.5. The third kappa shape index (κ3) is 16.7. The minimum absolute atomic E-state index is 0.115. The highest BCUT2D eigenvalue weighted by molar-refractivity contribution is 8.31. The molecule has 7 nitrogen and oxygen atoms in total. The zero-order chi connectivity index (χ0) is 16.4. The minimum Gasteiger partial charge on any atom is -0.352 e. The van der Waals surface area contributed by atoms with Crippen LogP contribution in [0.2, 0.25) is 0 Å². The van der Waals surface area contributed by atoms with Crippen LogP contribution in [0, 0.1) is 0 Å². The van der Waals surface area contributed by atoms with Gasteiger partial charge in [0.05, 0.1) is 6.54 Å². The molecule has 0 rings (SSSR count). The Morgan fingerprint density at radius 1 is 0.950 bits per heavy atom. The summed E-state index contributed by atoms with van der Waals surface area (Å²) in [5.41, 5.74) is 0. The van der Waals surface area contributed by atoms with E-state index in [9.17, 15) is 8.42 Å². The molecule has 12 heteroatoms. The standard InChI is InChI=1S/C8H18ClNO4S.Cl2O2S/c1-4-10(15(9,11)12)7-8(13-5-2)14-6-3;1-5(2,3)4/h8H,4-7H2,1-3H3;. The first-order valence-electron chi connectivity index (χ1n) is 5.52. The van der Waals surface area contributed by atoms with Crippen molar-refractivity contribution in [1.29, 1.82) is 0 Å². The molecule has 0 bridgehead atoms. The summed E-state index contributed by atoms with van der Waals surface area (Å²) in [5.74, 6) is 0. The quantitative estimate of drug-likeness (QED) is 0.461. The molecule has 0 saturated heterocycles. The monoisotopic (exact) mass is 393 g/mol. The Kier molecular flexibility index (Phi) is 12.9. The molecule has 0 N–H and O–H groups in total. The summed E-state index contributed by atoms with van der Waals surface area (Å²) in [6.45, 7) is 6.67. The molecule has 0 spiro atoms. The Bertz CT molecular complexity index is 427. The van der Waals surface area contributed by atoms with E-state index in [0.29, 0.717) is 19.8 Å². The predicted molar refractivity (Wildman–Crippen MR) is 79.7 cm³/mol. The number of likely N-dealkylation sites (N-methyl/N-ethyl adjacent to an activating group) is 1. The number of hydrogen-bond acceptors (Lipinski definition) is 6. The fraction of sp³-hybridized carbons (Fsp3) is 1.00. The maximum Gasteiger partial charge on any atom is 0.317 e. The van der Waals surface area contributed by atoms with Gasteiger partial charge in [-0.05, 0) is 13.8 Å². The highest BCUT2D eigenvalue weighted by Crippen LogP contribution is 2.09. The summed E-state index contributed by atoms with van der Waals surface area (Å²) in [4.78, 5) is 0. The molecule has 0 saturated carbocycles. The zero-order valence-electron chi connectivity index (χ0n) is 11.3. The average molecular weight is 395 g/mol. The Labute approximate surface area is 133 Å². The number of halogens is 3. The smallest absolute Gasteiger partial charge is 0.317 e. The van der Waals surface area contributed by atoms with E-state index in [0.717, 1.165) is 4.31 Å². The van der Waals surface area contributed by atoms with Gasteiger partial charge in [-0.2, -0.15) is 21.1 Å². The van der Waals surface area contributed by atoms with Gasteiger partial charge in [-0.15, -0.1) is 0 Å². The van der Waals surface area contributed by atoms with Gasteiger partial charge in [-0.25, -0.2) is 0 Å². The van der Waals surface area contributed by atoms with Gasteiger partial charge >= 0.3 is 8.26 Å². The van der Waals surface area contributed by atoms with Gasteiger partial charge in [0.15, 0.2) is 6.29 Å². The third-order valence-electron chi connectivity index (χ3n) is 1.72. The molecule has 0 aromatic heterocycles. The van der Waals surface area contributed by atoms with Gasteiger partial charge in [0.1, 0.15) is 0 Å². The summed E-state index contributed by atoms with van der Waals surface area (Å²) >= 11 is 0. The van der Waals surface area contributed by atoms with Crippen molar-refractivity contribution < 1.29 is 26.3 Å². The predicted octanol–water partition coefficient (Wildman–Crippen LogP) is 1.90. The molecule has 0 atom stereocenters. The van der Waals surface area contributed by atoms with Crippen molar-refractivity contribution >= 4 is 49.5 Å². The van der Waals surface area contributed by atoms with Gasteiger partial charge in [0, 0.05) is 51.8 Å². The van der Waals surface area contributed by atoms with Crippen LogP contribution in [0.1, 0.15) is 20.8 Å². The normalized spacial score (nSPS) is 12.4. The first kappa shape index (κ1) is 22.9. The highest BCUT2D eigenvalue weighted by Gasteiger charge is 2.22. The lowest BCUT2D eigenvalue weighted by Crippen LogP contribution is -2.37.